The van der Waals surface area contributed by atoms with Crippen LogP contribution in [0, 0.1) is 0 Å². The van der Waals surface area contributed by atoms with Gasteiger partial charge >= 0.3 is 0 Å². The molecule has 0 amide bonds. The van der Waals surface area contributed by atoms with Gasteiger partial charge in [0.05, 0.1) is 12.8 Å². The molecule has 0 aliphatic heterocycles. The number of anilines is 1. The molecule has 4 rings (SSSR count). The standard InChI is InChI=1S/C28H26N2OS/c1-31-27-18-17-25(24-15-9-4-10-16-24)19-26(27)29-28(32)30(20-22-11-5-2-6-12-22)21-23-13-7-3-8-14-23/h2-19H,20-21H2,1H3,(H,29,32). The highest BCUT2D eigenvalue weighted by Gasteiger charge is 2.14. The molecule has 0 aliphatic carbocycles. The molecule has 0 aliphatic rings. The van der Waals surface area contributed by atoms with Crippen molar-refractivity contribution in [3.63, 3.8) is 0 Å². The van der Waals surface area contributed by atoms with Crippen LogP contribution in [0.4, 0.5) is 5.69 Å². The molecule has 160 valence electrons. The van der Waals surface area contributed by atoms with Gasteiger partial charge < -0.3 is 15.0 Å². The van der Waals surface area contributed by atoms with E-state index in [1.807, 2.05) is 36.4 Å². The summed E-state index contributed by atoms with van der Waals surface area (Å²) in [7, 11) is 1.68. The molecule has 0 fully saturated rings. The highest BCUT2D eigenvalue weighted by atomic mass is 32.1. The number of ether oxygens (including phenoxy) is 1. The Morgan fingerprint density at radius 3 is 1.78 bits per heavy atom. The number of benzene rings is 4. The van der Waals surface area contributed by atoms with Crippen LogP contribution < -0.4 is 10.1 Å². The molecular weight excluding hydrogens is 412 g/mol. The molecule has 0 unspecified atom stereocenters. The average Bonchev–Trinajstić information content (AvgIpc) is 2.85. The molecule has 4 heteroatoms. The van der Waals surface area contributed by atoms with E-state index in [1.165, 1.54) is 11.1 Å². The zero-order chi connectivity index (χ0) is 22.2. The van der Waals surface area contributed by atoms with Crippen molar-refractivity contribution in [2.75, 3.05) is 12.4 Å². The third-order valence-electron chi connectivity index (χ3n) is 5.27. The number of nitrogens with zero attached hydrogens (tertiary/aromatic N) is 1. The van der Waals surface area contributed by atoms with E-state index >= 15 is 0 Å². The van der Waals surface area contributed by atoms with E-state index in [1.54, 1.807) is 7.11 Å². The molecule has 0 aromatic heterocycles. The number of hydrogen-bond donors (Lipinski definition) is 1. The van der Waals surface area contributed by atoms with Crippen molar-refractivity contribution < 1.29 is 4.74 Å². The predicted octanol–water partition coefficient (Wildman–Crippen LogP) is 6.76. The molecular formula is C28H26N2OS. The largest absolute Gasteiger partial charge is 0.495 e. The van der Waals surface area contributed by atoms with Gasteiger partial charge in [0, 0.05) is 13.1 Å². The van der Waals surface area contributed by atoms with Gasteiger partial charge in [-0.05, 0) is 46.6 Å². The summed E-state index contributed by atoms with van der Waals surface area (Å²) in [5.41, 5.74) is 5.52. The molecule has 4 aromatic carbocycles. The zero-order valence-corrected chi connectivity index (χ0v) is 18.9. The van der Waals surface area contributed by atoms with Gasteiger partial charge in [0.15, 0.2) is 5.11 Å². The minimum Gasteiger partial charge on any atom is -0.495 e. The van der Waals surface area contributed by atoms with Crippen LogP contribution in [0.15, 0.2) is 109 Å². The lowest BCUT2D eigenvalue weighted by molar-refractivity contribution is 0.409. The van der Waals surface area contributed by atoms with E-state index in [-0.39, 0.29) is 0 Å². The Hall–Kier alpha value is -3.63. The van der Waals surface area contributed by atoms with E-state index in [0.29, 0.717) is 18.2 Å². The van der Waals surface area contributed by atoms with E-state index in [2.05, 4.69) is 83.0 Å². The Morgan fingerprint density at radius 2 is 1.25 bits per heavy atom. The molecule has 32 heavy (non-hydrogen) atoms. The third kappa shape index (κ3) is 5.54. The van der Waals surface area contributed by atoms with Gasteiger partial charge in [-0.25, -0.2) is 0 Å². The summed E-state index contributed by atoms with van der Waals surface area (Å²) >= 11 is 5.88. The first kappa shape index (κ1) is 21.6. The van der Waals surface area contributed by atoms with Crippen LogP contribution in [0.5, 0.6) is 5.75 Å². The Morgan fingerprint density at radius 1 is 0.719 bits per heavy atom. The number of thiocarbonyl (C=S) groups is 1. The number of nitrogens with one attached hydrogen (secondary N) is 1. The highest BCUT2D eigenvalue weighted by Crippen LogP contribution is 2.31. The molecule has 0 saturated carbocycles. The molecule has 1 N–H and O–H groups in total. The van der Waals surface area contributed by atoms with Gasteiger partial charge in [-0.15, -0.1) is 0 Å². The summed E-state index contributed by atoms with van der Waals surface area (Å²) in [4.78, 5) is 2.18. The second kappa shape index (κ2) is 10.6. The van der Waals surface area contributed by atoms with Crippen LogP contribution in [0.3, 0.4) is 0 Å². The van der Waals surface area contributed by atoms with Crippen molar-refractivity contribution >= 4 is 23.0 Å². The molecule has 0 saturated heterocycles. The fraction of sp³-hybridized carbons (Fsp3) is 0.107. The van der Waals surface area contributed by atoms with E-state index in [0.717, 1.165) is 22.6 Å². The van der Waals surface area contributed by atoms with Crippen molar-refractivity contribution in [1.82, 2.24) is 4.90 Å². The van der Waals surface area contributed by atoms with Gasteiger partial charge in [-0.1, -0.05) is 97.1 Å². The number of methoxy groups -OCH3 is 1. The van der Waals surface area contributed by atoms with Crippen molar-refractivity contribution in [2.45, 2.75) is 13.1 Å². The van der Waals surface area contributed by atoms with Crippen molar-refractivity contribution in [2.24, 2.45) is 0 Å². The molecule has 0 radical (unpaired) electrons. The lowest BCUT2D eigenvalue weighted by atomic mass is 10.0. The van der Waals surface area contributed by atoms with E-state index < -0.39 is 0 Å². The van der Waals surface area contributed by atoms with Gasteiger partial charge in [0.2, 0.25) is 0 Å². The normalized spacial score (nSPS) is 10.4. The minimum absolute atomic E-state index is 0.654. The summed E-state index contributed by atoms with van der Waals surface area (Å²) in [5.74, 6) is 0.756. The van der Waals surface area contributed by atoms with Crippen LogP contribution in [0.25, 0.3) is 11.1 Å². The summed E-state index contributed by atoms with van der Waals surface area (Å²) in [5, 5.41) is 4.10. The van der Waals surface area contributed by atoms with E-state index in [9.17, 15) is 0 Å². The van der Waals surface area contributed by atoms with Crippen molar-refractivity contribution in [3.05, 3.63) is 120 Å². The topological polar surface area (TPSA) is 24.5 Å². The monoisotopic (exact) mass is 438 g/mol. The predicted molar refractivity (Wildman–Crippen MR) is 137 cm³/mol. The zero-order valence-electron chi connectivity index (χ0n) is 18.1. The van der Waals surface area contributed by atoms with Crippen LogP contribution in [-0.2, 0) is 13.1 Å². The van der Waals surface area contributed by atoms with Crippen molar-refractivity contribution in [1.29, 1.82) is 0 Å². The number of rotatable bonds is 7. The van der Waals surface area contributed by atoms with Crippen LogP contribution in [-0.4, -0.2) is 17.1 Å². The fourth-order valence-corrected chi connectivity index (χ4v) is 3.86. The first-order valence-electron chi connectivity index (χ1n) is 10.6. The maximum atomic E-state index is 5.88. The summed E-state index contributed by atoms with van der Waals surface area (Å²) < 4.78 is 5.61. The highest BCUT2D eigenvalue weighted by molar-refractivity contribution is 7.80. The van der Waals surface area contributed by atoms with Gasteiger partial charge in [0.1, 0.15) is 5.75 Å². The molecule has 4 aromatic rings. The van der Waals surface area contributed by atoms with Crippen molar-refractivity contribution in [3.8, 4) is 16.9 Å². The molecule has 0 spiro atoms. The maximum absolute atomic E-state index is 5.88. The maximum Gasteiger partial charge on any atom is 0.174 e. The fourth-order valence-electron chi connectivity index (χ4n) is 3.62. The van der Waals surface area contributed by atoms with Gasteiger partial charge in [-0.3, -0.25) is 0 Å². The quantitative estimate of drug-likeness (QED) is 0.322. The SMILES string of the molecule is COc1ccc(-c2ccccc2)cc1NC(=S)N(Cc1ccccc1)Cc1ccccc1. The first-order chi connectivity index (χ1) is 15.7. The van der Waals surface area contributed by atoms with Crippen LogP contribution in [0.2, 0.25) is 0 Å². The Labute approximate surface area is 195 Å². The lowest BCUT2D eigenvalue weighted by Gasteiger charge is -2.27. The smallest absolute Gasteiger partial charge is 0.174 e. The first-order valence-corrected chi connectivity index (χ1v) is 11.0. The third-order valence-corrected chi connectivity index (χ3v) is 5.63. The Bertz CT molecular complexity index is 1110. The van der Waals surface area contributed by atoms with Crippen LogP contribution >= 0.6 is 12.2 Å². The minimum atomic E-state index is 0.654. The molecule has 0 heterocycles. The lowest BCUT2D eigenvalue weighted by Crippen LogP contribution is -2.34. The Kier molecular flexibility index (Phi) is 7.15. The summed E-state index contributed by atoms with van der Waals surface area (Å²) in [6.07, 6.45) is 0. The van der Waals surface area contributed by atoms with Crippen LogP contribution in [0.1, 0.15) is 11.1 Å². The molecule has 3 nitrogen and oxygen atoms in total. The number of hydrogen-bond acceptors (Lipinski definition) is 2. The average molecular weight is 439 g/mol. The molecule has 0 bridgehead atoms. The summed E-state index contributed by atoms with van der Waals surface area (Å²) in [6.45, 7) is 1.42. The second-order valence-electron chi connectivity index (χ2n) is 7.54. The van der Waals surface area contributed by atoms with Gasteiger partial charge in [-0.2, -0.15) is 0 Å². The van der Waals surface area contributed by atoms with Gasteiger partial charge in [0.25, 0.3) is 0 Å². The Balaban J connectivity index is 1.60. The summed E-state index contributed by atoms with van der Waals surface area (Å²) in [6, 6.07) is 37.2. The van der Waals surface area contributed by atoms with E-state index in [4.69, 9.17) is 17.0 Å². The second-order valence-corrected chi connectivity index (χ2v) is 7.93. The molecule has 0 atom stereocenters.